The van der Waals surface area contributed by atoms with Gasteiger partial charge in [-0.3, -0.25) is 4.79 Å². The molecule has 3 heteroatoms. The van der Waals surface area contributed by atoms with Gasteiger partial charge in [-0.2, -0.15) is 0 Å². The molecular formula is C12H12O3. The fourth-order valence-electron chi connectivity index (χ4n) is 1.03. The molecule has 1 rings (SSSR count). The Morgan fingerprint density at radius 1 is 1.13 bits per heavy atom. The SMILES string of the molecule is COC(=O)/C=C/C(=O)c1ccc(C)cc1. The number of allylic oxidation sites excluding steroid dienone is 1. The summed E-state index contributed by atoms with van der Waals surface area (Å²) < 4.78 is 4.38. The zero-order chi connectivity index (χ0) is 11.3. The fraction of sp³-hybridized carbons (Fsp3) is 0.167. The summed E-state index contributed by atoms with van der Waals surface area (Å²) in [7, 11) is 1.27. The normalized spacial score (nSPS) is 10.3. The van der Waals surface area contributed by atoms with Crippen LogP contribution in [0.5, 0.6) is 0 Å². The highest BCUT2D eigenvalue weighted by atomic mass is 16.5. The predicted octanol–water partition coefficient (Wildman–Crippen LogP) is 1.91. The van der Waals surface area contributed by atoms with Crippen LogP contribution in [0.4, 0.5) is 0 Å². The third kappa shape index (κ3) is 3.38. The first-order chi connectivity index (χ1) is 7.13. The maximum Gasteiger partial charge on any atom is 0.330 e. The summed E-state index contributed by atoms with van der Waals surface area (Å²) in [5.74, 6) is -0.740. The van der Waals surface area contributed by atoms with Crippen molar-refractivity contribution in [2.45, 2.75) is 6.92 Å². The van der Waals surface area contributed by atoms with Gasteiger partial charge in [0, 0.05) is 11.6 Å². The monoisotopic (exact) mass is 204 g/mol. The number of rotatable bonds is 3. The van der Waals surface area contributed by atoms with Gasteiger partial charge in [0.1, 0.15) is 0 Å². The molecule has 0 aliphatic heterocycles. The molecule has 1 aromatic carbocycles. The van der Waals surface area contributed by atoms with E-state index in [-0.39, 0.29) is 5.78 Å². The van der Waals surface area contributed by atoms with Gasteiger partial charge in [-0.05, 0) is 13.0 Å². The first kappa shape index (κ1) is 11.2. The van der Waals surface area contributed by atoms with Crippen molar-refractivity contribution in [1.82, 2.24) is 0 Å². The van der Waals surface area contributed by atoms with Crippen molar-refractivity contribution in [3.05, 3.63) is 47.5 Å². The molecule has 0 spiro atoms. The molecule has 0 unspecified atom stereocenters. The van der Waals surface area contributed by atoms with E-state index in [9.17, 15) is 9.59 Å². The van der Waals surface area contributed by atoms with Gasteiger partial charge in [0.05, 0.1) is 7.11 Å². The molecule has 0 saturated heterocycles. The Morgan fingerprint density at radius 3 is 2.27 bits per heavy atom. The average Bonchev–Trinajstić information content (AvgIpc) is 2.26. The van der Waals surface area contributed by atoms with Crippen molar-refractivity contribution in [3.8, 4) is 0 Å². The molecule has 0 aliphatic carbocycles. The molecule has 0 aromatic heterocycles. The number of carbonyl (C=O) groups is 2. The van der Waals surface area contributed by atoms with Gasteiger partial charge in [-0.25, -0.2) is 4.79 Å². The zero-order valence-corrected chi connectivity index (χ0v) is 8.69. The fourth-order valence-corrected chi connectivity index (χ4v) is 1.03. The number of ketones is 1. The van der Waals surface area contributed by atoms with Crippen LogP contribution < -0.4 is 0 Å². The molecule has 0 aliphatic rings. The van der Waals surface area contributed by atoms with Gasteiger partial charge < -0.3 is 4.74 Å². The van der Waals surface area contributed by atoms with E-state index in [0.29, 0.717) is 5.56 Å². The van der Waals surface area contributed by atoms with Crippen molar-refractivity contribution in [2.24, 2.45) is 0 Å². The number of aryl methyl sites for hydroxylation is 1. The summed E-state index contributed by atoms with van der Waals surface area (Å²) in [5.41, 5.74) is 1.64. The lowest BCUT2D eigenvalue weighted by Gasteiger charge is -1.96. The summed E-state index contributed by atoms with van der Waals surface area (Å²) in [6, 6.07) is 7.14. The van der Waals surface area contributed by atoms with Gasteiger partial charge in [0.15, 0.2) is 5.78 Å². The van der Waals surface area contributed by atoms with E-state index in [2.05, 4.69) is 4.74 Å². The minimum Gasteiger partial charge on any atom is -0.466 e. The quantitative estimate of drug-likeness (QED) is 0.429. The Balaban J connectivity index is 2.73. The standard InChI is InChI=1S/C12H12O3/c1-9-3-5-10(6-4-9)11(13)7-8-12(14)15-2/h3-8H,1-2H3/b8-7+. The minimum absolute atomic E-state index is 0.208. The Morgan fingerprint density at radius 2 is 1.73 bits per heavy atom. The van der Waals surface area contributed by atoms with Crippen LogP contribution in [0.3, 0.4) is 0 Å². The molecule has 0 fully saturated rings. The number of hydrogen-bond donors (Lipinski definition) is 0. The number of ether oxygens (including phenoxy) is 1. The molecule has 15 heavy (non-hydrogen) atoms. The van der Waals surface area contributed by atoms with E-state index in [1.807, 2.05) is 19.1 Å². The predicted molar refractivity (Wildman–Crippen MR) is 56.7 cm³/mol. The second-order valence-corrected chi connectivity index (χ2v) is 3.09. The lowest BCUT2D eigenvalue weighted by atomic mass is 10.1. The lowest BCUT2D eigenvalue weighted by molar-refractivity contribution is -0.134. The van der Waals surface area contributed by atoms with Crippen molar-refractivity contribution < 1.29 is 14.3 Å². The molecule has 3 nitrogen and oxygen atoms in total. The van der Waals surface area contributed by atoms with Crippen molar-refractivity contribution in [3.63, 3.8) is 0 Å². The highest BCUT2D eigenvalue weighted by molar-refractivity contribution is 6.06. The van der Waals surface area contributed by atoms with Crippen LogP contribution >= 0.6 is 0 Å². The highest BCUT2D eigenvalue weighted by Crippen LogP contribution is 2.04. The molecular weight excluding hydrogens is 192 g/mol. The van der Waals surface area contributed by atoms with E-state index in [0.717, 1.165) is 11.6 Å². The van der Waals surface area contributed by atoms with Crippen molar-refractivity contribution in [2.75, 3.05) is 7.11 Å². The van der Waals surface area contributed by atoms with Gasteiger partial charge in [-0.15, -0.1) is 0 Å². The maximum atomic E-state index is 11.5. The van der Waals surface area contributed by atoms with Gasteiger partial charge in [-0.1, -0.05) is 29.8 Å². The largest absolute Gasteiger partial charge is 0.466 e. The van der Waals surface area contributed by atoms with E-state index in [4.69, 9.17) is 0 Å². The number of benzene rings is 1. The van der Waals surface area contributed by atoms with Crippen LogP contribution in [0.1, 0.15) is 15.9 Å². The molecule has 0 radical (unpaired) electrons. The average molecular weight is 204 g/mol. The first-order valence-corrected chi connectivity index (χ1v) is 4.50. The van der Waals surface area contributed by atoms with Crippen molar-refractivity contribution in [1.29, 1.82) is 0 Å². The molecule has 0 heterocycles. The van der Waals surface area contributed by atoms with E-state index < -0.39 is 5.97 Å². The van der Waals surface area contributed by atoms with Crippen molar-refractivity contribution >= 4 is 11.8 Å². The maximum absolute atomic E-state index is 11.5. The molecule has 0 N–H and O–H groups in total. The first-order valence-electron chi connectivity index (χ1n) is 4.50. The van der Waals surface area contributed by atoms with Gasteiger partial charge in [0.2, 0.25) is 0 Å². The molecule has 1 aromatic rings. The van der Waals surface area contributed by atoms with Crippen LogP contribution in [-0.4, -0.2) is 18.9 Å². The number of hydrogen-bond acceptors (Lipinski definition) is 3. The third-order valence-corrected chi connectivity index (χ3v) is 1.91. The molecule has 78 valence electrons. The summed E-state index contributed by atoms with van der Waals surface area (Å²) in [6.45, 7) is 1.94. The third-order valence-electron chi connectivity index (χ3n) is 1.91. The van der Waals surface area contributed by atoms with E-state index in [1.54, 1.807) is 12.1 Å². The van der Waals surface area contributed by atoms with Crippen LogP contribution in [0, 0.1) is 6.92 Å². The van der Waals surface area contributed by atoms with Crippen LogP contribution in [0.25, 0.3) is 0 Å². The zero-order valence-electron chi connectivity index (χ0n) is 8.69. The Labute approximate surface area is 88.4 Å². The van der Waals surface area contributed by atoms with Gasteiger partial charge >= 0.3 is 5.97 Å². The van der Waals surface area contributed by atoms with Crippen LogP contribution in [0.2, 0.25) is 0 Å². The topological polar surface area (TPSA) is 43.4 Å². The smallest absolute Gasteiger partial charge is 0.330 e. The molecule has 0 saturated carbocycles. The summed E-state index contributed by atoms with van der Waals surface area (Å²) in [6.07, 6.45) is 2.32. The second-order valence-electron chi connectivity index (χ2n) is 3.09. The summed E-state index contributed by atoms with van der Waals surface area (Å²) in [5, 5.41) is 0. The van der Waals surface area contributed by atoms with Gasteiger partial charge in [0.25, 0.3) is 0 Å². The highest BCUT2D eigenvalue weighted by Gasteiger charge is 2.01. The Kier molecular flexibility index (Phi) is 3.80. The minimum atomic E-state index is -0.532. The Bertz CT molecular complexity index is 388. The summed E-state index contributed by atoms with van der Waals surface area (Å²) >= 11 is 0. The number of esters is 1. The van der Waals surface area contributed by atoms with Crippen LogP contribution in [0.15, 0.2) is 36.4 Å². The van der Waals surface area contributed by atoms with E-state index >= 15 is 0 Å². The van der Waals surface area contributed by atoms with E-state index in [1.165, 1.54) is 13.2 Å². The number of methoxy groups -OCH3 is 1. The molecule has 0 amide bonds. The second kappa shape index (κ2) is 5.10. The number of carbonyl (C=O) groups excluding carboxylic acids is 2. The summed E-state index contributed by atoms with van der Waals surface area (Å²) in [4.78, 5) is 22.2. The Hall–Kier alpha value is -1.90. The lowest BCUT2D eigenvalue weighted by Crippen LogP contribution is -1.98. The molecule has 0 bridgehead atoms. The molecule has 0 atom stereocenters. The van der Waals surface area contributed by atoms with Crippen LogP contribution in [-0.2, 0) is 9.53 Å².